The Morgan fingerprint density at radius 2 is 1.87 bits per heavy atom. The van der Waals surface area contributed by atoms with Crippen molar-refractivity contribution in [2.24, 2.45) is 5.92 Å². The van der Waals surface area contributed by atoms with E-state index in [0.717, 1.165) is 32.1 Å². The van der Waals surface area contributed by atoms with Crippen LogP contribution in [0.25, 0.3) is 0 Å². The highest BCUT2D eigenvalue weighted by Crippen LogP contribution is 2.33. The topological polar surface area (TPSA) is 6.48 Å². The number of halogens is 3. The van der Waals surface area contributed by atoms with Gasteiger partial charge in [-0.05, 0) is 51.3 Å². The van der Waals surface area contributed by atoms with Gasteiger partial charge in [0, 0.05) is 25.3 Å². The molecule has 0 aliphatic carbocycles. The molecule has 23 heavy (non-hydrogen) atoms. The standard InChI is InChI=1S/C18H27F3N2/c1-3-8-16(18(19,20)21)17(4-2)23-12-9-15(14-23)13-22-10-6-5-7-11-22/h3-4,8,15H,2,5-7,9-14H2,1H3/b8-3-,17-16-. The Morgan fingerprint density at radius 3 is 2.43 bits per heavy atom. The van der Waals surface area contributed by atoms with Crippen LogP contribution in [0.2, 0.25) is 0 Å². The minimum absolute atomic E-state index is 0.219. The van der Waals surface area contributed by atoms with E-state index < -0.39 is 11.7 Å². The largest absolute Gasteiger partial charge is 0.418 e. The molecular formula is C18H27F3N2. The first kappa shape index (κ1) is 18.1. The first-order valence-electron chi connectivity index (χ1n) is 8.49. The van der Waals surface area contributed by atoms with Crippen LogP contribution in [0, 0.1) is 5.92 Å². The third kappa shape index (κ3) is 4.87. The van der Waals surface area contributed by atoms with Crippen molar-refractivity contribution >= 4 is 0 Å². The molecule has 0 radical (unpaired) electrons. The van der Waals surface area contributed by atoms with Crippen molar-refractivity contribution in [2.45, 2.75) is 38.8 Å². The highest BCUT2D eigenvalue weighted by Gasteiger charge is 2.36. The lowest BCUT2D eigenvalue weighted by Gasteiger charge is -2.29. The smallest absolute Gasteiger partial charge is 0.371 e. The number of piperidine rings is 1. The Labute approximate surface area is 137 Å². The second-order valence-corrected chi connectivity index (χ2v) is 6.46. The SMILES string of the molecule is C=C/C(=C(\C=C/C)C(F)(F)F)N1CCC(CN2CCCCC2)C1. The molecule has 1 unspecified atom stereocenters. The number of hydrogen-bond donors (Lipinski definition) is 0. The van der Waals surface area contributed by atoms with Gasteiger partial charge in [0.25, 0.3) is 0 Å². The molecule has 0 aromatic rings. The zero-order chi connectivity index (χ0) is 16.9. The van der Waals surface area contributed by atoms with Crippen LogP contribution in [0.4, 0.5) is 13.2 Å². The highest BCUT2D eigenvalue weighted by molar-refractivity contribution is 5.35. The summed E-state index contributed by atoms with van der Waals surface area (Å²) >= 11 is 0. The summed E-state index contributed by atoms with van der Waals surface area (Å²) in [7, 11) is 0. The van der Waals surface area contributed by atoms with E-state index in [9.17, 15) is 13.2 Å². The first-order valence-corrected chi connectivity index (χ1v) is 8.49. The molecule has 2 rings (SSSR count). The predicted octanol–water partition coefficient (Wildman–Crippen LogP) is 4.37. The molecule has 2 aliphatic heterocycles. The lowest BCUT2D eigenvalue weighted by molar-refractivity contribution is -0.0898. The van der Waals surface area contributed by atoms with Crippen LogP contribution in [0.15, 0.2) is 36.1 Å². The van der Waals surface area contributed by atoms with Gasteiger partial charge in [-0.25, -0.2) is 0 Å². The summed E-state index contributed by atoms with van der Waals surface area (Å²) in [5.41, 5.74) is -0.370. The molecule has 1 atom stereocenters. The summed E-state index contributed by atoms with van der Waals surface area (Å²) in [5.74, 6) is 0.447. The van der Waals surface area contributed by atoms with Gasteiger partial charge in [-0.15, -0.1) is 0 Å². The Kier molecular flexibility index (Phi) is 6.33. The monoisotopic (exact) mass is 328 g/mol. The molecule has 2 saturated heterocycles. The van der Waals surface area contributed by atoms with Crippen LogP contribution in [0.5, 0.6) is 0 Å². The molecule has 5 heteroatoms. The van der Waals surface area contributed by atoms with E-state index in [1.54, 1.807) is 6.92 Å². The van der Waals surface area contributed by atoms with Crippen LogP contribution in [0.1, 0.15) is 32.6 Å². The molecule has 2 aliphatic rings. The predicted molar refractivity (Wildman–Crippen MR) is 88.1 cm³/mol. The van der Waals surface area contributed by atoms with E-state index in [1.165, 1.54) is 31.4 Å². The zero-order valence-electron chi connectivity index (χ0n) is 13.9. The summed E-state index contributed by atoms with van der Waals surface area (Å²) in [5, 5.41) is 0. The fourth-order valence-electron chi connectivity index (χ4n) is 3.61. The van der Waals surface area contributed by atoms with Crippen molar-refractivity contribution in [2.75, 3.05) is 32.7 Å². The van der Waals surface area contributed by atoms with E-state index in [-0.39, 0.29) is 5.70 Å². The molecule has 2 heterocycles. The van der Waals surface area contributed by atoms with Crippen LogP contribution in [-0.4, -0.2) is 48.7 Å². The van der Waals surface area contributed by atoms with Gasteiger partial charge in [0.15, 0.2) is 0 Å². The van der Waals surface area contributed by atoms with Crippen LogP contribution in [-0.2, 0) is 0 Å². The molecule has 2 nitrogen and oxygen atoms in total. The fraction of sp³-hybridized carbons (Fsp3) is 0.667. The summed E-state index contributed by atoms with van der Waals surface area (Å²) < 4.78 is 39.8. The third-order valence-corrected chi connectivity index (χ3v) is 4.70. The lowest BCUT2D eigenvalue weighted by atomic mass is 10.1. The molecule has 130 valence electrons. The van der Waals surface area contributed by atoms with Gasteiger partial charge in [-0.3, -0.25) is 0 Å². The molecule has 0 spiro atoms. The molecule has 0 N–H and O–H groups in total. The van der Waals surface area contributed by atoms with Crippen molar-refractivity contribution in [1.29, 1.82) is 0 Å². The maximum atomic E-state index is 13.3. The number of rotatable bonds is 5. The maximum Gasteiger partial charge on any atom is 0.418 e. The van der Waals surface area contributed by atoms with Gasteiger partial charge in [0.05, 0.1) is 5.57 Å². The number of alkyl halides is 3. The maximum absolute atomic E-state index is 13.3. The van der Waals surface area contributed by atoms with E-state index in [1.807, 2.05) is 4.90 Å². The average Bonchev–Trinajstić information content (AvgIpc) is 2.95. The minimum atomic E-state index is -4.35. The van der Waals surface area contributed by atoms with Gasteiger partial charge < -0.3 is 9.80 Å². The Morgan fingerprint density at radius 1 is 1.17 bits per heavy atom. The Bertz CT molecular complexity index is 459. The fourth-order valence-corrected chi connectivity index (χ4v) is 3.61. The number of nitrogens with zero attached hydrogens (tertiary/aromatic N) is 2. The first-order chi connectivity index (χ1) is 11.0. The average molecular weight is 328 g/mol. The third-order valence-electron chi connectivity index (χ3n) is 4.70. The van der Waals surface area contributed by atoms with Crippen molar-refractivity contribution in [1.82, 2.24) is 9.80 Å². The van der Waals surface area contributed by atoms with Crippen molar-refractivity contribution < 1.29 is 13.2 Å². The molecule has 0 aromatic heterocycles. The lowest BCUT2D eigenvalue weighted by Crippen LogP contribution is -2.35. The second kappa shape index (κ2) is 8.04. The van der Waals surface area contributed by atoms with E-state index in [0.29, 0.717) is 19.0 Å². The van der Waals surface area contributed by atoms with Crippen LogP contribution < -0.4 is 0 Å². The summed E-state index contributed by atoms with van der Waals surface area (Å²) in [4.78, 5) is 4.32. The molecule has 0 saturated carbocycles. The molecular weight excluding hydrogens is 301 g/mol. The van der Waals surface area contributed by atoms with Gasteiger partial charge in [0.2, 0.25) is 0 Å². The molecule has 0 bridgehead atoms. The quantitative estimate of drug-likeness (QED) is 0.691. The number of likely N-dealkylation sites (tertiary alicyclic amines) is 2. The van der Waals surface area contributed by atoms with Crippen molar-refractivity contribution in [3.63, 3.8) is 0 Å². The second-order valence-electron chi connectivity index (χ2n) is 6.46. The van der Waals surface area contributed by atoms with Gasteiger partial charge in [-0.2, -0.15) is 13.2 Å². The molecule has 0 amide bonds. The minimum Gasteiger partial charge on any atom is -0.371 e. The van der Waals surface area contributed by atoms with E-state index in [4.69, 9.17) is 0 Å². The Balaban J connectivity index is 2.06. The normalized spacial score (nSPS) is 25.0. The summed E-state index contributed by atoms with van der Waals surface area (Å²) in [6.45, 7) is 9.86. The van der Waals surface area contributed by atoms with Gasteiger partial charge >= 0.3 is 6.18 Å². The highest BCUT2D eigenvalue weighted by atomic mass is 19.4. The Hall–Kier alpha value is -1.23. The van der Waals surface area contributed by atoms with Gasteiger partial charge in [0.1, 0.15) is 0 Å². The van der Waals surface area contributed by atoms with Gasteiger partial charge in [-0.1, -0.05) is 25.2 Å². The zero-order valence-corrected chi connectivity index (χ0v) is 13.9. The molecule has 2 fully saturated rings. The number of hydrogen-bond acceptors (Lipinski definition) is 2. The van der Waals surface area contributed by atoms with Crippen LogP contribution in [0.3, 0.4) is 0 Å². The summed E-state index contributed by atoms with van der Waals surface area (Å²) in [6.07, 6.45) is 4.33. The van der Waals surface area contributed by atoms with Crippen molar-refractivity contribution in [3.8, 4) is 0 Å². The van der Waals surface area contributed by atoms with Crippen LogP contribution >= 0.6 is 0 Å². The number of allylic oxidation sites excluding steroid dienone is 4. The molecule has 0 aromatic carbocycles. The summed E-state index contributed by atoms with van der Waals surface area (Å²) in [6, 6.07) is 0. The van der Waals surface area contributed by atoms with E-state index >= 15 is 0 Å². The van der Waals surface area contributed by atoms with E-state index in [2.05, 4.69) is 11.5 Å². The van der Waals surface area contributed by atoms with Crippen molar-refractivity contribution in [3.05, 3.63) is 36.1 Å².